The Bertz CT molecular complexity index is 372. The minimum atomic E-state index is -0.0657. The van der Waals surface area contributed by atoms with Crippen molar-refractivity contribution in [3.8, 4) is 0 Å². The molecule has 0 fully saturated rings. The lowest BCUT2D eigenvalue weighted by Gasteiger charge is -2.07. The van der Waals surface area contributed by atoms with Gasteiger partial charge >= 0.3 is 0 Å². The molecule has 18 heavy (non-hydrogen) atoms. The maximum absolute atomic E-state index is 11.6. The van der Waals surface area contributed by atoms with Gasteiger partial charge in [-0.05, 0) is 37.6 Å². The lowest BCUT2D eigenvalue weighted by atomic mass is 10.3. The van der Waals surface area contributed by atoms with Crippen molar-refractivity contribution in [1.82, 2.24) is 5.32 Å². The number of halogens is 1. The molecule has 0 bridgehead atoms. The fraction of sp³-hybridized carbons (Fsp3) is 0.462. The van der Waals surface area contributed by atoms with Gasteiger partial charge in [-0.15, -0.1) is 0 Å². The van der Waals surface area contributed by atoms with Crippen LogP contribution in [0.2, 0.25) is 5.02 Å². The fourth-order valence-electron chi connectivity index (χ4n) is 1.47. The summed E-state index contributed by atoms with van der Waals surface area (Å²) in [4.78, 5) is 11.6. The molecule has 4 nitrogen and oxygen atoms in total. The van der Waals surface area contributed by atoms with Crippen molar-refractivity contribution in [3.63, 3.8) is 0 Å². The molecule has 5 heteroatoms. The molecule has 1 rings (SSSR count). The van der Waals surface area contributed by atoms with Crippen molar-refractivity contribution in [3.05, 3.63) is 29.3 Å². The molecule has 0 atom stereocenters. The third kappa shape index (κ3) is 6.59. The van der Waals surface area contributed by atoms with Crippen molar-refractivity contribution in [1.29, 1.82) is 0 Å². The van der Waals surface area contributed by atoms with Crippen molar-refractivity contribution in [2.45, 2.75) is 12.8 Å². The highest BCUT2D eigenvalue weighted by Gasteiger charge is 2.01. The van der Waals surface area contributed by atoms with E-state index in [0.717, 1.165) is 26.0 Å². The molecule has 0 unspecified atom stereocenters. The van der Waals surface area contributed by atoms with Crippen molar-refractivity contribution in [2.75, 3.05) is 32.1 Å². The summed E-state index contributed by atoms with van der Waals surface area (Å²) >= 11 is 5.82. The minimum Gasteiger partial charge on any atom is -0.385 e. The van der Waals surface area contributed by atoms with Crippen LogP contribution in [0.3, 0.4) is 0 Å². The number of anilines is 1. The number of hydrogen-bond donors (Lipinski definition) is 2. The zero-order valence-corrected chi connectivity index (χ0v) is 11.3. The lowest BCUT2D eigenvalue weighted by molar-refractivity contribution is -0.115. The molecule has 100 valence electrons. The Labute approximate surface area is 113 Å². The van der Waals surface area contributed by atoms with Crippen LogP contribution in [0.1, 0.15) is 12.8 Å². The maximum Gasteiger partial charge on any atom is 0.238 e. The van der Waals surface area contributed by atoms with Gasteiger partial charge in [-0.3, -0.25) is 4.79 Å². The number of benzene rings is 1. The van der Waals surface area contributed by atoms with Crippen LogP contribution >= 0.6 is 11.6 Å². The van der Waals surface area contributed by atoms with Gasteiger partial charge in [0.2, 0.25) is 5.91 Å². The first-order valence-corrected chi connectivity index (χ1v) is 6.35. The number of nitrogens with one attached hydrogen (secondary N) is 2. The lowest BCUT2D eigenvalue weighted by Crippen LogP contribution is -2.28. The van der Waals surface area contributed by atoms with Crippen LogP contribution in [0, 0.1) is 0 Å². The molecular formula is C13H19ClN2O2. The van der Waals surface area contributed by atoms with Crippen LogP contribution in [0.15, 0.2) is 24.3 Å². The van der Waals surface area contributed by atoms with Gasteiger partial charge in [0.05, 0.1) is 6.54 Å². The van der Waals surface area contributed by atoms with Crippen LogP contribution in [0.5, 0.6) is 0 Å². The number of hydrogen-bond acceptors (Lipinski definition) is 3. The smallest absolute Gasteiger partial charge is 0.238 e. The Hall–Kier alpha value is -1.10. The summed E-state index contributed by atoms with van der Waals surface area (Å²) in [5.41, 5.74) is 0.716. The van der Waals surface area contributed by atoms with Gasteiger partial charge in [0.1, 0.15) is 0 Å². The number of amides is 1. The molecule has 0 saturated carbocycles. The third-order valence-corrected chi connectivity index (χ3v) is 2.58. The van der Waals surface area contributed by atoms with Gasteiger partial charge in [0.25, 0.3) is 0 Å². The quantitative estimate of drug-likeness (QED) is 0.713. The highest BCUT2D eigenvalue weighted by atomic mass is 35.5. The van der Waals surface area contributed by atoms with E-state index in [9.17, 15) is 4.79 Å². The second-order valence-electron chi connectivity index (χ2n) is 3.94. The Balaban J connectivity index is 2.14. The van der Waals surface area contributed by atoms with Crippen molar-refractivity contribution < 1.29 is 9.53 Å². The number of carbonyl (C=O) groups excluding carboxylic acids is 1. The zero-order chi connectivity index (χ0) is 13.2. The first-order valence-electron chi connectivity index (χ1n) is 5.97. The first-order chi connectivity index (χ1) is 8.72. The SMILES string of the molecule is COCCCCNCC(=O)Nc1cccc(Cl)c1. The summed E-state index contributed by atoms with van der Waals surface area (Å²) in [5.74, 6) is -0.0657. The summed E-state index contributed by atoms with van der Waals surface area (Å²) < 4.78 is 4.94. The first kappa shape index (κ1) is 15.0. The fourth-order valence-corrected chi connectivity index (χ4v) is 1.66. The Morgan fingerprint density at radius 3 is 2.94 bits per heavy atom. The topological polar surface area (TPSA) is 50.4 Å². The summed E-state index contributed by atoms with van der Waals surface area (Å²) in [5, 5.41) is 6.46. The highest BCUT2D eigenvalue weighted by Crippen LogP contribution is 2.14. The normalized spacial score (nSPS) is 10.3. The molecule has 2 N–H and O–H groups in total. The number of carbonyl (C=O) groups is 1. The molecule has 0 aromatic heterocycles. The van der Waals surface area contributed by atoms with Gasteiger partial charge in [-0.25, -0.2) is 0 Å². The highest BCUT2D eigenvalue weighted by molar-refractivity contribution is 6.30. The van der Waals surface area contributed by atoms with Crippen LogP contribution in [0.25, 0.3) is 0 Å². The minimum absolute atomic E-state index is 0.0657. The number of rotatable bonds is 8. The predicted molar refractivity (Wildman–Crippen MR) is 74.1 cm³/mol. The monoisotopic (exact) mass is 270 g/mol. The summed E-state index contributed by atoms with van der Waals surface area (Å²) in [6, 6.07) is 7.10. The van der Waals surface area contributed by atoms with Gasteiger partial charge in [-0.1, -0.05) is 17.7 Å². The molecule has 0 radical (unpaired) electrons. The van der Waals surface area contributed by atoms with E-state index in [0.29, 0.717) is 17.3 Å². The number of unbranched alkanes of at least 4 members (excludes halogenated alkanes) is 1. The molecule has 0 aliphatic carbocycles. The second kappa shape index (κ2) is 8.91. The van der Waals surface area contributed by atoms with Crippen molar-refractivity contribution in [2.24, 2.45) is 0 Å². The standard InChI is InChI=1S/C13H19ClN2O2/c1-18-8-3-2-7-15-10-13(17)16-12-6-4-5-11(14)9-12/h4-6,9,15H,2-3,7-8,10H2,1H3,(H,16,17). The molecule has 1 aromatic rings. The molecule has 0 aliphatic heterocycles. The van der Waals surface area contributed by atoms with E-state index in [1.165, 1.54) is 0 Å². The van der Waals surface area contributed by atoms with E-state index < -0.39 is 0 Å². The van der Waals surface area contributed by atoms with E-state index in [2.05, 4.69) is 10.6 Å². The molecule has 1 amide bonds. The van der Waals surface area contributed by atoms with E-state index in [4.69, 9.17) is 16.3 Å². The summed E-state index contributed by atoms with van der Waals surface area (Å²) in [6.07, 6.45) is 2.00. The molecule has 0 heterocycles. The molecular weight excluding hydrogens is 252 g/mol. The number of methoxy groups -OCH3 is 1. The van der Waals surface area contributed by atoms with Crippen LogP contribution in [-0.2, 0) is 9.53 Å². The van der Waals surface area contributed by atoms with Gasteiger partial charge in [0, 0.05) is 24.4 Å². The Morgan fingerprint density at radius 1 is 1.39 bits per heavy atom. The Morgan fingerprint density at radius 2 is 2.22 bits per heavy atom. The predicted octanol–water partition coefficient (Wildman–Crippen LogP) is 2.29. The van der Waals surface area contributed by atoms with Gasteiger partial charge < -0.3 is 15.4 Å². The average Bonchev–Trinajstić information content (AvgIpc) is 2.33. The van der Waals surface area contributed by atoms with Crippen LogP contribution < -0.4 is 10.6 Å². The van der Waals surface area contributed by atoms with Crippen LogP contribution in [0.4, 0.5) is 5.69 Å². The zero-order valence-electron chi connectivity index (χ0n) is 10.5. The van der Waals surface area contributed by atoms with E-state index in [-0.39, 0.29) is 5.91 Å². The summed E-state index contributed by atoms with van der Waals surface area (Å²) in [6.45, 7) is 1.88. The summed E-state index contributed by atoms with van der Waals surface area (Å²) in [7, 11) is 1.69. The number of ether oxygens (including phenoxy) is 1. The molecule has 0 spiro atoms. The Kier molecular flexibility index (Phi) is 7.41. The molecule has 0 saturated heterocycles. The van der Waals surface area contributed by atoms with Crippen molar-refractivity contribution >= 4 is 23.2 Å². The maximum atomic E-state index is 11.6. The van der Waals surface area contributed by atoms with E-state index in [1.54, 1.807) is 25.3 Å². The second-order valence-corrected chi connectivity index (χ2v) is 4.37. The van der Waals surface area contributed by atoms with E-state index >= 15 is 0 Å². The van der Waals surface area contributed by atoms with E-state index in [1.807, 2.05) is 6.07 Å². The largest absolute Gasteiger partial charge is 0.385 e. The van der Waals surface area contributed by atoms with Gasteiger partial charge in [0.15, 0.2) is 0 Å². The van der Waals surface area contributed by atoms with Crippen LogP contribution in [-0.4, -0.2) is 32.7 Å². The third-order valence-electron chi connectivity index (χ3n) is 2.35. The van der Waals surface area contributed by atoms with Gasteiger partial charge in [-0.2, -0.15) is 0 Å². The molecule has 0 aliphatic rings. The molecule has 1 aromatic carbocycles. The average molecular weight is 271 g/mol.